The standard InChI is InChI=1S/C10H18BrNO3/c1-3-14-7-10(13)12-5-8(2)15-9(4-11)6-12/h8-9H,3-7H2,1-2H3. The molecule has 0 bridgehead atoms. The molecule has 1 aliphatic heterocycles. The minimum atomic E-state index is 0.0537. The molecule has 1 rings (SSSR count). The first-order chi connectivity index (χ1) is 7.17. The van der Waals surface area contributed by atoms with Crippen molar-refractivity contribution >= 4 is 21.8 Å². The van der Waals surface area contributed by atoms with Crippen molar-refractivity contribution in [3.05, 3.63) is 0 Å². The second-order valence-corrected chi connectivity index (χ2v) is 4.31. The molecule has 1 heterocycles. The van der Waals surface area contributed by atoms with Crippen LogP contribution in [0.5, 0.6) is 0 Å². The van der Waals surface area contributed by atoms with Gasteiger partial charge in [-0.25, -0.2) is 0 Å². The van der Waals surface area contributed by atoms with Crippen LogP contribution >= 0.6 is 15.9 Å². The quantitative estimate of drug-likeness (QED) is 0.722. The van der Waals surface area contributed by atoms with Crippen molar-refractivity contribution in [3.63, 3.8) is 0 Å². The Balaban J connectivity index is 2.42. The Hall–Kier alpha value is -0.130. The number of nitrogens with zero attached hydrogens (tertiary/aromatic N) is 1. The van der Waals surface area contributed by atoms with Crippen molar-refractivity contribution in [1.82, 2.24) is 4.90 Å². The largest absolute Gasteiger partial charge is 0.372 e. The normalized spacial score (nSPS) is 26.7. The summed E-state index contributed by atoms with van der Waals surface area (Å²) < 4.78 is 10.7. The summed E-state index contributed by atoms with van der Waals surface area (Å²) in [5.74, 6) is 0.0537. The number of morpholine rings is 1. The third-order valence-electron chi connectivity index (χ3n) is 2.28. The SMILES string of the molecule is CCOCC(=O)N1CC(C)OC(CBr)C1. The highest BCUT2D eigenvalue weighted by Gasteiger charge is 2.27. The molecule has 0 aromatic carbocycles. The summed E-state index contributed by atoms with van der Waals surface area (Å²) in [4.78, 5) is 13.5. The molecule has 0 spiro atoms. The van der Waals surface area contributed by atoms with Crippen LogP contribution in [0.3, 0.4) is 0 Å². The molecule has 0 aromatic rings. The maximum atomic E-state index is 11.7. The highest BCUT2D eigenvalue weighted by Crippen LogP contribution is 2.13. The Morgan fingerprint density at radius 3 is 2.93 bits per heavy atom. The summed E-state index contributed by atoms with van der Waals surface area (Å²) in [7, 11) is 0. The number of hydrogen-bond donors (Lipinski definition) is 0. The summed E-state index contributed by atoms with van der Waals surface area (Å²) in [6.07, 6.45) is 0.200. The number of amides is 1. The van der Waals surface area contributed by atoms with Gasteiger partial charge in [0.25, 0.3) is 0 Å². The second kappa shape index (κ2) is 6.45. The van der Waals surface area contributed by atoms with Gasteiger partial charge in [-0.15, -0.1) is 0 Å². The van der Waals surface area contributed by atoms with Crippen molar-refractivity contribution in [2.45, 2.75) is 26.1 Å². The Morgan fingerprint density at radius 2 is 2.33 bits per heavy atom. The third-order valence-corrected chi connectivity index (χ3v) is 3.00. The Kier molecular flexibility index (Phi) is 5.56. The zero-order chi connectivity index (χ0) is 11.3. The van der Waals surface area contributed by atoms with Crippen LogP contribution in [-0.4, -0.2) is 54.6 Å². The zero-order valence-corrected chi connectivity index (χ0v) is 10.8. The molecule has 1 fully saturated rings. The molecule has 1 amide bonds. The molecule has 0 N–H and O–H groups in total. The monoisotopic (exact) mass is 279 g/mol. The predicted octanol–water partition coefficient (Wildman–Crippen LogP) is 1.03. The summed E-state index contributed by atoms with van der Waals surface area (Å²) >= 11 is 3.37. The van der Waals surface area contributed by atoms with Crippen molar-refractivity contribution in [2.75, 3.05) is 31.6 Å². The topological polar surface area (TPSA) is 38.8 Å². The third kappa shape index (κ3) is 4.09. The lowest BCUT2D eigenvalue weighted by Crippen LogP contribution is -2.50. The molecule has 0 saturated carbocycles. The van der Waals surface area contributed by atoms with Gasteiger partial charge in [-0.3, -0.25) is 4.79 Å². The first-order valence-corrected chi connectivity index (χ1v) is 6.36. The highest BCUT2D eigenvalue weighted by atomic mass is 79.9. The molecule has 1 saturated heterocycles. The van der Waals surface area contributed by atoms with Gasteiger partial charge in [0, 0.05) is 25.0 Å². The van der Waals surface area contributed by atoms with Gasteiger partial charge in [0.2, 0.25) is 5.91 Å². The van der Waals surface area contributed by atoms with E-state index in [9.17, 15) is 4.79 Å². The van der Waals surface area contributed by atoms with E-state index in [2.05, 4.69) is 15.9 Å². The van der Waals surface area contributed by atoms with Gasteiger partial charge in [-0.2, -0.15) is 0 Å². The fraction of sp³-hybridized carbons (Fsp3) is 0.900. The minimum Gasteiger partial charge on any atom is -0.372 e. The Bertz CT molecular complexity index is 213. The molecule has 2 unspecified atom stereocenters. The summed E-state index contributed by atoms with van der Waals surface area (Å²) in [5.41, 5.74) is 0. The van der Waals surface area contributed by atoms with Crippen LogP contribution in [0.25, 0.3) is 0 Å². The van der Waals surface area contributed by atoms with E-state index < -0.39 is 0 Å². The van der Waals surface area contributed by atoms with E-state index in [1.54, 1.807) is 0 Å². The molecular formula is C10H18BrNO3. The van der Waals surface area contributed by atoms with Crippen molar-refractivity contribution in [3.8, 4) is 0 Å². The summed E-state index contributed by atoms with van der Waals surface area (Å²) in [6, 6.07) is 0. The van der Waals surface area contributed by atoms with E-state index in [0.717, 1.165) is 5.33 Å². The average molecular weight is 280 g/mol. The van der Waals surface area contributed by atoms with Crippen molar-refractivity contribution < 1.29 is 14.3 Å². The molecule has 0 aromatic heterocycles. The van der Waals surface area contributed by atoms with Crippen LogP contribution < -0.4 is 0 Å². The molecule has 88 valence electrons. The highest BCUT2D eigenvalue weighted by molar-refractivity contribution is 9.09. The molecule has 2 atom stereocenters. The number of carbonyl (C=O) groups is 1. The van der Waals surface area contributed by atoms with Crippen molar-refractivity contribution in [2.24, 2.45) is 0 Å². The summed E-state index contributed by atoms with van der Waals surface area (Å²) in [5, 5.41) is 0.760. The fourth-order valence-corrected chi connectivity index (χ4v) is 1.97. The molecule has 5 heteroatoms. The van der Waals surface area contributed by atoms with E-state index >= 15 is 0 Å². The Labute approximate surface area is 99.0 Å². The van der Waals surface area contributed by atoms with Gasteiger partial charge >= 0.3 is 0 Å². The minimum absolute atomic E-state index is 0.0537. The maximum absolute atomic E-state index is 11.7. The number of carbonyl (C=O) groups excluding carboxylic acids is 1. The smallest absolute Gasteiger partial charge is 0.248 e. The van der Waals surface area contributed by atoms with Gasteiger partial charge in [0.1, 0.15) is 6.61 Å². The van der Waals surface area contributed by atoms with E-state index in [-0.39, 0.29) is 24.7 Å². The molecule has 0 aliphatic carbocycles. The number of ether oxygens (including phenoxy) is 2. The van der Waals surface area contributed by atoms with Gasteiger partial charge in [0.05, 0.1) is 12.2 Å². The van der Waals surface area contributed by atoms with Crippen LogP contribution in [-0.2, 0) is 14.3 Å². The van der Waals surface area contributed by atoms with Crippen LogP contribution in [0.15, 0.2) is 0 Å². The summed E-state index contributed by atoms with van der Waals surface area (Å²) in [6.45, 7) is 5.94. The zero-order valence-electron chi connectivity index (χ0n) is 9.24. The van der Waals surface area contributed by atoms with Gasteiger partial charge in [0.15, 0.2) is 0 Å². The van der Waals surface area contributed by atoms with Crippen LogP contribution in [0.1, 0.15) is 13.8 Å². The molecule has 4 nitrogen and oxygen atoms in total. The first-order valence-electron chi connectivity index (χ1n) is 5.24. The van der Waals surface area contributed by atoms with E-state index in [1.807, 2.05) is 18.7 Å². The molecule has 0 radical (unpaired) electrons. The number of halogens is 1. The Morgan fingerprint density at radius 1 is 1.60 bits per heavy atom. The van der Waals surface area contributed by atoms with Crippen molar-refractivity contribution in [1.29, 1.82) is 0 Å². The molecule has 1 aliphatic rings. The lowest BCUT2D eigenvalue weighted by molar-refractivity contribution is -0.147. The molecular weight excluding hydrogens is 262 g/mol. The van der Waals surface area contributed by atoms with Gasteiger partial charge < -0.3 is 14.4 Å². The second-order valence-electron chi connectivity index (χ2n) is 3.66. The molecule has 15 heavy (non-hydrogen) atoms. The van der Waals surface area contributed by atoms with Gasteiger partial charge in [-0.05, 0) is 13.8 Å². The lowest BCUT2D eigenvalue weighted by atomic mass is 10.2. The van der Waals surface area contributed by atoms with E-state index in [1.165, 1.54) is 0 Å². The van der Waals surface area contributed by atoms with Gasteiger partial charge in [-0.1, -0.05) is 15.9 Å². The van der Waals surface area contributed by atoms with Crippen LogP contribution in [0, 0.1) is 0 Å². The van der Waals surface area contributed by atoms with E-state index in [4.69, 9.17) is 9.47 Å². The first kappa shape index (κ1) is 12.9. The number of rotatable bonds is 4. The number of alkyl halides is 1. The average Bonchev–Trinajstić information content (AvgIpc) is 2.24. The lowest BCUT2D eigenvalue weighted by Gasteiger charge is -2.36. The number of hydrogen-bond acceptors (Lipinski definition) is 3. The maximum Gasteiger partial charge on any atom is 0.248 e. The van der Waals surface area contributed by atoms with Crippen LogP contribution in [0.4, 0.5) is 0 Å². The van der Waals surface area contributed by atoms with Crippen LogP contribution in [0.2, 0.25) is 0 Å². The predicted molar refractivity (Wildman–Crippen MR) is 61.2 cm³/mol. The van der Waals surface area contributed by atoms with E-state index in [0.29, 0.717) is 19.7 Å². The fourth-order valence-electron chi connectivity index (χ4n) is 1.61.